The van der Waals surface area contributed by atoms with E-state index in [1.807, 2.05) is 0 Å². The monoisotopic (exact) mass is 277 g/mol. The van der Waals surface area contributed by atoms with E-state index in [0.29, 0.717) is 5.92 Å². The summed E-state index contributed by atoms with van der Waals surface area (Å²) in [7, 11) is 0. The molecule has 3 rings (SSSR count). The minimum atomic E-state index is 0.270. The lowest BCUT2D eigenvalue weighted by Crippen LogP contribution is -2.31. The van der Waals surface area contributed by atoms with E-state index in [9.17, 15) is 0 Å². The number of nitrogens with zero attached hydrogens (tertiary/aromatic N) is 2. The summed E-state index contributed by atoms with van der Waals surface area (Å²) < 4.78 is 5.54. The predicted molar refractivity (Wildman–Crippen MR) is 78.4 cm³/mol. The van der Waals surface area contributed by atoms with Crippen molar-refractivity contribution in [1.82, 2.24) is 15.5 Å². The molecule has 2 fully saturated rings. The maximum atomic E-state index is 5.54. The van der Waals surface area contributed by atoms with Crippen LogP contribution in [0.25, 0.3) is 0 Å². The average Bonchev–Trinajstić information content (AvgIpc) is 2.97. The van der Waals surface area contributed by atoms with Gasteiger partial charge in [0.1, 0.15) is 0 Å². The maximum absolute atomic E-state index is 5.54. The van der Waals surface area contributed by atoms with Gasteiger partial charge in [-0.3, -0.25) is 0 Å². The third kappa shape index (κ3) is 3.05. The summed E-state index contributed by atoms with van der Waals surface area (Å²) in [5.74, 6) is 3.95. The first-order valence-electron chi connectivity index (χ1n) is 8.33. The van der Waals surface area contributed by atoms with E-state index in [2.05, 4.69) is 24.3 Å². The molecule has 2 heterocycles. The first-order chi connectivity index (χ1) is 9.76. The highest BCUT2D eigenvalue weighted by Gasteiger charge is 2.28. The van der Waals surface area contributed by atoms with Crippen molar-refractivity contribution in [3.63, 3.8) is 0 Å². The summed E-state index contributed by atoms with van der Waals surface area (Å²) in [6, 6.07) is 0.270. The molecule has 1 aliphatic carbocycles. The normalized spacial score (nSPS) is 35.1. The quantitative estimate of drug-likeness (QED) is 0.912. The van der Waals surface area contributed by atoms with Crippen molar-refractivity contribution in [2.24, 2.45) is 11.8 Å². The lowest BCUT2D eigenvalue weighted by Gasteiger charge is -2.26. The first kappa shape index (κ1) is 14.1. The highest BCUT2D eigenvalue weighted by Crippen LogP contribution is 2.36. The molecule has 20 heavy (non-hydrogen) atoms. The molecule has 2 aliphatic rings. The van der Waals surface area contributed by atoms with Gasteiger partial charge < -0.3 is 9.84 Å². The molecule has 1 aromatic rings. The van der Waals surface area contributed by atoms with Crippen LogP contribution in [0.3, 0.4) is 0 Å². The van der Waals surface area contributed by atoms with Crippen LogP contribution in [-0.4, -0.2) is 16.7 Å². The molecule has 1 aromatic heterocycles. The molecule has 112 valence electrons. The fourth-order valence-corrected chi connectivity index (χ4v) is 3.68. The Labute approximate surface area is 121 Å². The summed E-state index contributed by atoms with van der Waals surface area (Å²) in [4.78, 5) is 4.70. The van der Waals surface area contributed by atoms with Crippen molar-refractivity contribution in [2.45, 2.75) is 70.8 Å². The maximum Gasteiger partial charge on any atom is 0.243 e. The van der Waals surface area contributed by atoms with E-state index in [4.69, 9.17) is 9.51 Å². The minimum Gasteiger partial charge on any atom is -0.338 e. The fraction of sp³-hybridized carbons (Fsp3) is 0.875. The standard InChI is InChI=1S/C16H27N3O/c1-3-12-4-6-13(7-5-12)15-18-16(20-19-15)14-10-11(2)8-9-17-14/h11-14,17H,3-10H2,1-2H3. The van der Waals surface area contributed by atoms with Crippen LogP contribution in [0.1, 0.15) is 82.5 Å². The molecule has 0 radical (unpaired) electrons. The van der Waals surface area contributed by atoms with Gasteiger partial charge in [-0.1, -0.05) is 25.4 Å². The van der Waals surface area contributed by atoms with Gasteiger partial charge in [0, 0.05) is 5.92 Å². The van der Waals surface area contributed by atoms with Gasteiger partial charge in [0.2, 0.25) is 5.89 Å². The molecule has 4 nitrogen and oxygen atoms in total. The Balaban J connectivity index is 1.62. The van der Waals surface area contributed by atoms with Crippen LogP contribution in [0.5, 0.6) is 0 Å². The molecular formula is C16H27N3O. The van der Waals surface area contributed by atoms with Crippen LogP contribution in [0.15, 0.2) is 4.52 Å². The second kappa shape index (κ2) is 6.25. The second-order valence-corrected chi connectivity index (χ2v) is 6.75. The number of rotatable bonds is 3. The van der Waals surface area contributed by atoms with E-state index >= 15 is 0 Å². The molecule has 2 unspecified atom stereocenters. The zero-order valence-electron chi connectivity index (χ0n) is 12.8. The van der Waals surface area contributed by atoms with Crippen LogP contribution < -0.4 is 5.32 Å². The number of nitrogens with one attached hydrogen (secondary N) is 1. The molecule has 1 aliphatic heterocycles. The zero-order chi connectivity index (χ0) is 13.9. The van der Waals surface area contributed by atoms with Crippen molar-refractivity contribution in [3.8, 4) is 0 Å². The van der Waals surface area contributed by atoms with Crippen molar-refractivity contribution in [1.29, 1.82) is 0 Å². The van der Waals surface area contributed by atoms with Gasteiger partial charge in [-0.15, -0.1) is 0 Å². The summed E-state index contributed by atoms with van der Waals surface area (Å²) in [5, 5.41) is 7.77. The smallest absolute Gasteiger partial charge is 0.243 e. The summed E-state index contributed by atoms with van der Waals surface area (Å²) in [6.07, 6.45) is 8.78. The Morgan fingerprint density at radius 3 is 2.70 bits per heavy atom. The highest BCUT2D eigenvalue weighted by molar-refractivity contribution is 5.01. The van der Waals surface area contributed by atoms with Gasteiger partial charge in [-0.2, -0.15) is 4.98 Å². The molecule has 0 amide bonds. The van der Waals surface area contributed by atoms with Gasteiger partial charge in [0.05, 0.1) is 6.04 Å². The van der Waals surface area contributed by atoms with E-state index in [-0.39, 0.29) is 6.04 Å². The number of hydrogen-bond acceptors (Lipinski definition) is 4. The van der Waals surface area contributed by atoms with Crippen LogP contribution >= 0.6 is 0 Å². The minimum absolute atomic E-state index is 0.270. The Bertz CT molecular complexity index is 423. The molecule has 4 heteroatoms. The Kier molecular flexibility index (Phi) is 4.39. The number of aromatic nitrogens is 2. The second-order valence-electron chi connectivity index (χ2n) is 6.75. The van der Waals surface area contributed by atoms with Crippen molar-refractivity contribution >= 4 is 0 Å². The molecule has 2 atom stereocenters. The van der Waals surface area contributed by atoms with E-state index in [1.54, 1.807) is 0 Å². The van der Waals surface area contributed by atoms with Crippen LogP contribution in [0.4, 0.5) is 0 Å². The largest absolute Gasteiger partial charge is 0.338 e. The van der Waals surface area contributed by atoms with E-state index < -0.39 is 0 Å². The molecule has 1 N–H and O–H groups in total. The van der Waals surface area contributed by atoms with Crippen LogP contribution in [0, 0.1) is 11.8 Å². The Morgan fingerprint density at radius 1 is 1.20 bits per heavy atom. The van der Waals surface area contributed by atoms with E-state index in [1.165, 1.54) is 38.5 Å². The molecule has 0 spiro atoms. The topological polar surface area (TPSA) is 51.0 Å². The van der Waals surface area contributed by atoms with Gasteiger partial charge in [-0.05, 0) is 56.9 Å². The highest BCUT2D eigenvalue weighted by atomic mass is 16.5. The van der Waals surface area contributed by atoms with Crippen molar-refractivity contribution in [2.75, 3.05) is 6.54 Å². The van der Waals surface area contributed by atoms with Crippen molar-refractivity contribution in [3.05, 3.63) is 11.7 Å². The fourth-order valence-electron chi connectivity index (χ4n) is 3.68. The first-order valence-corrected chi connectivity index (χ1v) is 8.33. The van der Waals surface area contributed by atoms with E-state index in [0.717, 1.165) is 36.5 Å². The molecule has 0 aromatic carbocycles. The van der Waals surface area contributed by atoms with Gasteiger partial charge >= 0.3 is 0 Å². The number of piperidine rings is 1. The molecule has 1 saturated heterocycles. The average molecular weight is 277 g/mol. The summed E-state index contributed by atoms with van der Waals surface area (Å²) >= 11 is 0. The van der Waals surface area contributed by atoms with Crippen LogP contribution in [-0.2, 0) is 0 Å². The van der Waals surface area contributed by atoms with Gasteiger partial charge in [-0.25, -0.2) is 0 Å². The summed E-state index contributed by atoms with van der Waals surface area (Å²) in [6.45, 7) is 5.66. The zero-order valence-corrected chi connectivity index (χ0v) is 12.8. The third-order valence-corrected chi connectivity index (χ3v) is 5.21. The Morgan fingerprint density at radius 2 is 2.00 bits per heavy atom. The molecule has 1 saturated carbocycles. The molecular weight excluding hydrogens is 250 g/mol. The van der Waals surface area contributed by atoms with Crippen molar-refractivity contribution < 1.29 is 4.52 Å². The number of hydrogen-bond donors (Lipinski definition) is 1. The SMILES string of the molecule is CCC1CCC(c2noc(C3CC(C)CCN3)n2)CC1. The summed E-state index contributed by atoms with van der Waals surface area (Å²) in [5.41, 5.74) is 0. The predicted octanol–water partition coefficient (Wildman–Crippen LogP) is 3.81. The molecule has 0 bridgehead atoms. The lowest BCUT2D eigenvalue weighted by atomic mass is 9.80. The van der Waals surface area contributed by atoms with Crippen LogP contribution in [0.2, 0.25) is 0 Å². The van der Waals surface area contributed by atoms with Gasteiger partial charge in [0.15, 0.2) is 5.82 Å². The third-order valence-electron chi connectivity index (χ3n) is 5.21. The lowest BCUT2D eigenvalue weighted by molar-refractivity contribution is 0.257. The van der Waals surface area contributed by atoms with Gasteiger partial charge in [0.25, 0.3) is 0 Å². The Hall–Kier alpha value is -0.900.